The van der Waals surface area contributed by atoms with Gasteiger partial charge < -0.3 is 15.0 Å². The molecule has 2 atom stereocenters. The van der Waals surface area contributed by atoms with E-state index in [0.29, 0.717) is 39.6 Å². The minimum absolute atomic E-state index is 0.0929. The minimum Gasteiger partial charge on any atom is -0.388 e. The lowest BCUT2D eigenvalue weighted by Gasteiger charge is -2.14. The van der Waals surface area contributed by atoms with Crippen molar-refractivity contribution in [2.24, 2.45) is 13.0 Å². The average molecular weight is 441 g/mol. The van der Waals surface area contributed by atoms with Gasteiger partial charge in [0.1, 0.15) is 11.7 Å². The number of pyridine rings is 2. The number of aromatic nitrogens is 2. The smallest absolute Gasteiger partial charge is 0.260 e. The van der Waals surface area contributed by atoms with Crippen LogP contribution in [0.1, 0.15) is 25.3 Å². The Hall–Kier alpha value is -3.39. The predicted molar refractivity (Wildman–Crippen MR) is 121 cm³/mol. The molecule has 1 fully saturated rings. The van der Waals surface area contributed by atoms with Crippen LogP contribution in [0.2, 0.25) is 0 Å². The Morgan fingerprint density at radius 3 is 2.69 bits per heavy atom. The Bertz CT molecular complexity index is 1230. The number of fused-ring (bicyclic) bond motifs is 1. The van der Waals surface area contributed by atoms with Crippen molar-refractivity contribution in [3.8, 4) is 0 Å². The van der Waals surface area contributed by atoms with E-state index >= 15 is 0 Å². The molecule has 1 aliphatic rings. The molecule has 168 valence electrons. The van der Waals surface area contributed by atoms with E-state index in [1.54, 1.807) is 32.2 Å². The Morgan fingerprint density at radius 1 is 1.44 bits per heavy atom. The first-order valence-corrected chi connectivity index (χ1v) is 10.0. The fourth-order valence-electron chi connectivity index (χ4n) is 3.34. The fourth-order valence-corrected chi connectivity index (χ4v) is 3.34. The van der Waals surface area contributed by atoms with Gasteiger partial charge in [-0.05, 0) is 36.1 Å². The van der Waals surface area contributed by atoms with Crippen LogP contribution < -0.4 is 10.9 Å². The second-order valence-electron chi connectivity index (χ2n) is 7.98. The van der Waals surface area contributed by atoms with E-state index in [2.05, 4.69) is 30.0 Å². The number of nitrogens with one attached hydrogen (secondary N) is 1. The largest absolute Gasteiger partial charge is 0.388 e. The molecule has 8 heteroatoms. The molecule has 0 aromatic carbocycles. The molecular formula is C24H25F2N3O3. The van der Waals surface area contributed by atoms with Gasteiger partial charge in [-0.15, -0.1) is 6.58 Å². The van der Waals surface area contributed by atoms with Crippen LogP contribution in [-0.4, -0.2) is 32.6 Å². The highest BCUT2D eigenvalue weighted by molar-refractivity contribution is 5.96. The maximum absolute atomic E-state index is 13.1. The number of nitrogens with zero attached hydrogens (tertiary/aromatic N) is 2. The van der Waals surface area contributed by atoms with E-state index in [9.17, 15) is 23.5 Å². The average Bonchev–Trinajstić information content (AvgIpc) is 3.38. The van der Waals surface area contributed by atoms with Crippen molar-refractivity contribution >= 4 is 28.2 Å². The number of aliphatic hydroxyl groups excluding tert-OH is 1. The molecule has 0 bridgehead atoms. The standard InChI is InChI=1S/C24H25F2N3O3/c1-6-7-20(30)14(3)8-13(2)15(4)17-9-16-12-27-21(10-19(16)29(5)23(17)32)28-22(31)18-11-24(18,25)26/h6,8-10,12,18,20,30H,1,3-4,7,11H2,2,5H3,(H,27,28,31)/b13-8-/t18-,20-/m0/s1. The molecule has 0 spiro atoms. The van der Waals surface area contributed by atoms with E-state index in [1.165, 1.54) is 16.8 Å². The molecule has 0 saturated heterocycles. The fraction of sp³-hybridized carbons (Fsp3) is 0.292. The van der Waals surface area contributed by atoms with Gasteiger partial charge in [0.25, 0.3) is 11.5 Å². The minimum atomic E-state index is -2.97. The molecule has 1 amide bonds. The number of hydrogen-bond donors (Lipinski definition) is 2. The van der Waals surface area contributed by atoms with Gasteiger partial charge in [-0.3, -0.25) is 9.59 Å². The number of carbonyl (C=O) groups is 1. The number of alkyl halides is 2. The highest BCUT2D eigenvalue weighted by Crippen LogP contribution is 2.49. The number of rotatable bonds is 8. The number of anilines is 1. The number of carbonyl (C=O) groups excluding carboxylic acids is 1. The van der Waals surface area contributed by atoms with E-state index in [0.717, 1.165) is 0 Å². The van der Waals surface area contributed by atoms with Crippen LogP contribution in [0, 0.1) is 5.92 Å². The first-order valence-electron chi connectivity index (χ1n) is 10.0. The number of hydrogen-bond acceptors (Lipinski definition) is 4. The molecule has 2 aromatic heterocycles. The van der Waals surface area contributed by atoms with Crippen LogP contribution >= 0.6 is 0 Å². The molecule has 0 unspecified atom stereocenters. The summed E-state index contributed by atoms with van der Waals surface area (Å²) in [6.07, 6.45) is 3.83. The maximum Gasteiger partial charge on any atom is 0.260 e. The third kappa shape index (κ3) is 4.60. The van der Waals surface area contributed by atoms with E-state index in [4.69, 9.17) is 0 Å². The molecular weight excluding hydrogens is 416 g/mol. The summed E-state index contributed by atoms with van der Waals surface area (Å²) in [4.78, 5) is 29.0. The van der Waals surface area contributed by atoms with Crippen LogP contribution in [0.25, 0.3) is 16.5 Å². The van der Waals surface area contributed by atoms with Crippen molar-refractivity contribution in [2.45, 2.75) is 31.8 Å². The lowest BCUT2D eigenvalue weighted by molar-refractivity contribution is -0.119. The van der Waals surface area contributed by atoms with Crippen LogP contribution in [0.3, 0.4) is 0 Å². The van der Waals surface area contributed by atoms with Gasteiger partial charge in [0, 0.05) is 36.7 Å². The maximum atomic E-state index is 13.1. The van der Waals surface area contributed by atoms with E-state index in [1.807, 2.05) is 0 Å². The van der Waals surface area contributed by atoms with Crippen molar-refractivity contribution in [1.29, 1.82) is 0 Å². The molecule has 3 rings (SSSR count). The quantitative estimate of drug-likeness (QED) is 0.479. The zero-order valence-corrected chi connectivity index (χ0v) is 18.0. The topological polar surface area (TPSA) is 84.2 Å². The number of aryl methyl sites for hydroxylation is 1. The summed E-state index contributed by atoms with van der Waals surface area (Å²) in [7, 11) is 1.56. The van der Waals surface area contributed by atoms with Gasteiger partial charge >= 0.3 is 0 Å². The van der Waals surface area contributed by atoms with Gasteiger partial charge in [-0.25, -0.2) is 13.8 Å². The first-order chi connectivity index (χ1) is 15.0. The van der Waals surface area contributed by atoms with Crippen molar-refractivity contribution < 1.29 is 18.7 Å². The van der Waals surface area contributed by atoms with Gasteiger partial charge in [0.2, 0.25) is 5.91 Å². The normalized spacial score (nSPS) is 18.2. The molecule has 2 aromatic rings. The Morgan fingerprint density at radius 2 is 2.09 bits per heavy atom. The number of allylic oxidation sites excluding steroid dienone is 2. The van der Waals surface area contributed by atoms with Crippen LogP contribution in [-0.2, 0) is 11.8 Å². The molecule has 0 aliphatic heterocycles. The molecule has 32 heavy (non-hydrogen) atoms. The van der Waals surface area contributed by atoms with Crippen LogP contribution in [0.5, 0.6) is 0 Å². The Labute approximate surface area is 184 Å². The number of aliphatic hydroxyl groups is 1. The van der Waals surface area contributed by atoms with E-state index < -0.39 is 30.3 Å². The zero-order chi connectivity index (χ0) is 23.8. The Balaban J connectivity index is 1.90. The molecule has 1 aliphatic carbocycles. The number of amides is 1. The molecule has 0 radical (unpaired) electrons. The summed E-state index contributed by atoms with van der Waals surface area (Å²) in [5.74, 6) is -5.02. The van der Waals surface area contributed by atoms with Crippen LogP contribution in [0.4, 0.5) is 14.6 Å². The van der Waals surface area contributed by atoms with Gasteiger partial charge in [0.15, 0.2) is 0 Å². The molecule has 2 N–H and O–H groups in total. The summed E-state index contributed by atoms with van der Waals surface area (Å²) >= 11 is 0. The summed E-state index contributed by atoms with van der Waals surface area (Å²) in [5, 5.41) is 13.0. The van der Waals surface area contributed by atoms with Gasteiger partial charge in [-0.2, -0.15) is 0 Å². The van der Waals surface area contributed by atoms with Crippen molar-refractivity contribution in [3.05, 3.63) is 77.3 Å². The molecule has 6 nitrogen and oxygen atoms in total. The summed E-state index contributed by atoms with van der Waals surface area (Å²) in [6, 6.07) is 3.10. The van der Waals surface area contributed by atoms with Crippen molar-refractivity contribution in [1.82, 2.24) is 9.55 Å². The Kier molecular flexibility index (Phi) is 6.27. The van der Waals surface area contributed by atoms with Crippen molar-refractivity contribution in [2.75, 3.05) is 5.32 Å². The van der Waals surface area contributed by atoms with Crippen molar-refractivity contribution in [3.63, 3.8) is 0 Å². The zero-order valence-electron chi connectivity index (χ0n) is 18.0. The molecule has 1 saturated carbocycles. The SMILES string of the molecule is C=CC[C@H](O)C(=C)/C=C(/C)C(=C)c1cc2cnc(NC(=O)[C@@H]3CC3(F)F)cc2n(C)c1=O. The lowest BCUT2D eigenvalue weighted by Crippen LogP contribution is -2.22. The highest BCUT2D eigenvalue weighted by Gasteiger charge is 2.61. The summed E-state index contributed by atoms with van der Waals surface area (Å²) < 4.78 is 27.6. The van der Waals surface area contributed by atoms with Crippen LogP contribution in [0.15, 0.2) is 66.2 Å². The molecule has 2 heterocycles. The monoisotopic (exact) mass is 441 g/mol. The highest BCUT2D eigenvalue weighted by atomic mass is 19.3. The van der Waals surface area contributed by atoms with Gasteiger partial charge in [-0.1, -0.05) is 25.3 Å². The predicted octanol–water partition coefficient (Wildman–Crippen LogP) is 3.98. The third-order valence-corrected chi connectivity index (χ3v) is 5.52. The summed E-state index contributed by atoms with van der Waals surface area (Å²) in [6.45, 7) is 13.2. The van der Waals surface area contributed by atoms with Gasteiger partial charge in [0.05, 0.1) is 11.6 Å². The van der Waals surface area contributed by atoms with E-state index in [-0.39, 0.29) is 11.4 Å². The third-order valence-electron chi connectivity index (χ3n) is 5.52. The number of halogens is 2. The lowest BCUT2D eigenvalue weighted by atomic mass is 9.97. The first kappa shape index (κ1) is 23.3. The second-order valence-corrected chi connectivity index (χ2v) is 7.98. The second kappa shape index (κ2) is 8.63. The summed E-state index contributed by atoms with van der Waals surface area (Å²) in [5.41, 5.74) is 2.10.